The summed E-state index contributed by atoms with van der Waals surface area (Å²) in [5.74, 6) is 1.99. The Labute approximate surface area is 178 Å². The lowest BCUT2D eigenvalue weighted by Gasteiger charge is -2.38. The van der Waals surface area contributed by atoms with Crippen molar-refractivity contribution in [3.8, 4) is 0 Å². The molecule has 2 N–H and O–H groups in total. The van der Waals surface area contributed by atoms with E-state index < -0.39 is 16.4 Å². The van der Waals surface area contributed by atoms with Crippen LogP contribution in [0.4, 0.5) is 11.8 Å². The van der Waals surface area contributed by atoms with Gasteiger partial charge in [0.15, 0.2) is 0 Å². The van der Waals surface area contributed by atoms with Crippen molar-refractivity contribution >= 4 is 22.6 Å². The largest absolute Gasteiger partial charge is 0.385 e. The van der Waals surface area contributed by atoms with Crippen LogP contribution in [0.2, 0.25) is 0 Å². The van der Waals surface area contributed by atoms with Crippen LogP contribution in [0.5, 0.6) is 0 Å². The molecule has 2 fully saturated rings. The third-order valence-corrected chi connectivity index (χ3v) is 7.79. The molecular formula is C21H27N5O3S. The van der Waals surface area contributed by atoms with Crippen LogP contribution >= 0.6 is 0 Å². The number of ether oxygens (including phenoxy) is 1. The van der Waals surface area contributed by atoms with Crippen LogP contribution in [0.25, 0.3) is 0 Å². The Hall–Kier alpha value is -2.10. The van der Waals surface area contributed by atoms with E-state index in [4.69, 9.17) is 14.7 Å². The van der Waals surface area contributed by atoms with E-state index >= 15 is 0 Å². The van der Waals surface area contributed by atoms with E-state index in [1.807, 2.05) is 12.1 Å². The van der Waals surface area contributed by atoms with Gasteiger partial charge in [0.05, 0.1) is 22.1 Å². The monoisotopic (exact) mass is 429 g/mol. The molecule has 2 saturated heterocycles. The van der Waals surface area contributed by atoms with Crippen molar-refractivity contribution in [1.82, 2.24) is 15.0 Å². The topological polar surface area (TPSA) is 100 Å². The van der Waals surface area contributed by atoms with Crippen LogP contribution in [-0.4, -0.2) is 62.4 Å². The van der Waals surface area contributed by atoms with Gasteiger partial charge in [0.2, 0.25) is 5.95 Å². The van der Waals surface area contributed by atoms with Gasteiger partial charge in [0.25, 0.3) is 0 Å². The number of aliphatic hydroxyl groups is 1. The standard InChI is InChI=1S/C21H27N5O3S/c27-21(15-1-8-22-9-2-15)6-10-26(11-7-21)20-24-17-5-14-30(28)18(17)19(25-20)23-16-3-12-29-13-4-16/h1-2,8-9,16,27H,3-7,10-14H2,(H,23,24,25). The second-order valence-electron chi connectivity index (χ2n) is 8.23. The maximum Gasteiger partial charge on any atom is 0.227 e. The van der Waals surface area contributed by atoms with Gasteiger partial charge in [-0.1, -0.05) is 0 Å². The lowest BCUT2D eigenvalue weighted by Crippen LogP contribution is -2.43. The normalized spacial score (nSPS) is 23.9. The van der Waals surface area contributed by atoms with Gasteiger partial charge in [-0.2, -0.15) is 4.98 Å². The maximum atomic E-state index is 12.6. The van der Waals surface area contributed by atoms with Crippen LogP contribution in [-0.2, 0) is 27.6 Å². The first kappa shape index (κ1) is 19.8. The molecular weight excluding hydrogens is 402 g/mol. The summed E-state index contributed by atoms with van der Waals surface area (Å²) in [4.78, 5) is 16.5. The summed E-state index contributed by atoms with van der Waals surface area (Å²) in [6.45, 7) is 2.80. The molecule has 1 unspecified atom stereocenters. The SMILES string of the molecule is O=S1CCc2nc(N3CCC(O)(c4ccncc4)CC3)nc(NC3CCOCC3)c21. The molecule has 160 valence electrons. The van der Waals surface area contributed by atoms with Crippen LogP contribution in [0.15, 0.2) is 29.4 Å². The van der Waals surface area contributed by atoms with Crippen molar-refractivity contribution in [2.24, 2.45) is 0 Å². The molecule has 2 aromatic rings. The van der Waals surface area contributed by atoms with E-state index in [0.29, 0.717) is 49.9 Å². The zero-order valence-corrected chi connectivity index (χ0v) is 17.7. The summed E-state index contributed by atoms with van der Waals surface area (Å²) in [7, 11) is -1.05. The number of aryl methyl sites for hydroxylation is 1. The highest BCUT2D eigenvalue weighted by atomic mass is 32.2. The fourth-order valence-corrected chi connectivity index (χ4v) is 5.80. The summed E-state index contributed by atoms with van der Waals surface area (Å²) in [5.41, 5.74) is 0.952. The minimum atomic E-state index is -1.05. The van der Waals surface area contributed by atoms with Gasteiger partial charge in [-0.15, -0.1) is 0 Å². The molecule has 0 radical (unpaired) electrons. The molecule has 2 aromatic heterocycles. The number of pyridine rings is 1. The Morgan fingerprint density at radius 1 is 1.17 bits per heavy atom. The van der Waals surface area contributed by atoms with Gasteiger partial charge in [0.1, 0.15) is 10.7 Å². The van der Waals surface area contributed by atoms with Gasteiger partial charge in [0, 0.05) is 56.9 Å². The first-order chi connectivity index (χ1) is 14.6. The van der Waals surface area contributed by atoms with E-state index in [1.54, 1.807) is 12.4 Å². The van der Waals surface area contributed by atoms with E-state index in [2.05, 4.69) is 15.2 Å². The molecule has 9 heteroatoms. The number of nitrogens with zero attached hydrogens (tertiary/aromatic N) is 4. The van der Waals surface area contributed by atoms with Gasteiger partial charge < -0.3 is 20.1 Å². The molecule has 0 aliphatic carbocycles. The average molecular weight is 430 g/mol. The summed E-state index contributed by atoms with van der Waals surface area (Å²) in [6, 6.07) is 4.04. The van der Waals surface area contributed by atoms with Crippen molar-refractivity contribution in [2.45, 2.75) is 48.6 Å². The van der Waals surface area contributed by atoms with Crippen LogP contribution in [0, 0.1) is 0 Å². The number of aromatic nitrogens is 3. The predicted molar refractivity (Wildman–Crippen MR) is 114 cm³/mol. The number of rotatable bonds is 4. The summed E-state index contributed by atoms with van der Waals surface area (Å²) < 4.78 is 18.0. The maximum absolute atomic E-state index is 12.6. The van der Waals surface area contributed by atoms with Gasteiger partial charge in [-0.3, -0.25) is 9.19 Å². The number of fused-ring (bicyclic) bond motifs is 1. The highest BCUT2D eigenvalue weighted by Crippen LogP contribution is 2.35. The first-order valence-electron chi connectivity index (χ1n) is 10.6. The van der Waals surface area contributed by atoms with Crippen molar-refractivity contribution < 1.29 is 14.1 Å². The Morgan fingerprint density at radius 2 is 1.90 bits per heavy atom. The Morgan fingerprint density at radius 3 is 2.63 bits per heavy atom. The lowest BCUT2D eigenvalue weighted by molar-refractivity contribution is 0.0114. The third kappa shape index (κ3) is 3.81. The third-order valence-electron chi connectivity index (χ3n) is 6.33. The molecule has 0 aromatic carbocycles. The van der Waals surface area contributed by atoms with E-state index in [9.17, 15) is 9.32 Å². The number of hydrogen-bond donors (Lipinski definition) is 2. The molecule has 0 bridgehead atoms. The van der Waals surface area contributed by atoms with Crippen LogP contribution in [0.1, 0.15) is 36.9 Å². The lowest BCUT2D eigenvalue weighted by atomic mass is 9.85. The van der Waals surface area contributed by atoms with E-state index in [1.165, 1.54) is 0 Å². The molecule has 8 nitrogen and oxygen atoms in total. The highest BCUT2D eigenvalue weighted by Gasteiger charge is 2.36. The molecule has 1 atom stereocenters. The zero-order chi connectivity index (χ0) is 20.6. The molecule has 0 saturated carbocycles. The smallest absolute Gasteiger partial charge is 0.227 e. The average Bonchev–Trinajstić information content (AvgIpc) is 3.16. The quantitative estimate of drug-likeness (QED) is 0.756. The minimum Gasteiger partial charge on any atom is -0.385 e. The zero-order valence-electron chi connectivity index (χ0n) is 16.9. The van der Waals surface area contributed by atoms with Crippen molar-refractivity contribution in [1.29, 1.82) is 0 Å². The molecule has 5 rings (SSSR count). The van der Waals surface area contributed by atoms with Gasteiger partial charge in [-0.05, 0) is 43.4 Å². The predicted octanol–water partition coefficient (Wildman–Crippen LogP) is 1.61. The molecule has 0 amide bonds. The fourth-order valence-electron chi connectivity index (χ4n) is 4.49. The van der Waals surface area contributed by atoms with E-state index in [0.717, 1.165) is 42.2 Å². The Bertz CT molecular complexity index is 928. The summed E-state index contributed by atoms with van der Waals surface area (Å²) in [6.07, 6.45) is 7.20. The molecule has 30 heavy (non-hydrogen) atoms. The summed E-state index contributed by atoms with van der Waals surface area (Å²) in [5, 5.41) is 14.6. The van der Waals surface area contributed by atoms with Crippen molar-refractivity contribution in [3.63, 3.8) is 0 Å². The van der Waals surface area contributed by atoms with Crippen molar-refractivity contribution in [2.75, 3.05) is 42.3 Å². The number of nitrogens with one attached hydrogen (secondary N) is 1. The number of hydrogen-bond acceptors (Lipinski definition) is 8. The number of anilines is 2. The number of piperidine rings is 1. The minimum absolute atomic E-state index is 0.279. The molecule has 5 heterocycles. The highest BCUT2D eigenvalue weighted by molar-refractivity contribution is 7.85. The molecule has 3 aliphatic heterocycles. The molecule has 0 spiro atoms. The van der Waals surface area contributed by atoms with Crippen molar-refractivity contribution in [3.05, 3.63) is 35.8 Å². The Kier molecular flexibility index (Phi) is 5.43. The first-order valence-corrected chi connectivity index (χ1v) is 12.0. The second kappa shape index (κ2) is 8.20. The van der Waals surface area contributed by atoms with Gasteiger partial charge in [-0.25, -0.2) is 4.98 Å². The summed E-state index contributed by atoms with van der Waals surface area (Å²) >= 11 is 0. The van der Waals surface area contributed by atoms with E-state index in [-0.39, 0.29) is 6.04 Å². The second-order valence-corrected chi connectivity index (χ2v) is 9.74. The fraction of sp³-hybridized carbons (Fsp3) is 0.571. The van der Waals surface area contributed by atoms with Gasteiger partial charge >= 0.3 is 0 Å². The van der Waals surface area contributed by atoms with Crippen LogP contribution < -0.4 is 10.2 Å². The molecule has 3 aliphatic rings. The van der Waals surface area contributed by atoms with Crippen LogP contribution in [0.3, 0.4) is 0 Å². The Balaban J connectivity index is 1.37.